The number of carbonyl (C=O) groups excluding carboxylic acids is 2. The lowest BCUT2D eigenvalue weighted by Crippen LogP contribution is -2.40. The van der Waals surface area contributed by atoms with Crippen molar-refractivity contribution in [3.05, 3.63) is 71.1 Å². The van der Waals surface area contributed by atoms with E-state index in [4.69, 9.17) is 9.84 Å². The number of nitrogens with zero attached hydrogens (tertiary/aromatic N) is 7. The maximum Gasteiger partial charge on any atom is 0.407 e. The number of hydrogen-bond acceptors (Lipinski definition) is 9. The van der Waals surface area contributed by atoms with Crippen molar-refractivity contribution in [3.63, 3.8) is 0 Å². The van der Waals surface area contributed by atoms with E-state index in [1.54, 1.807) is 4.68 Å². The van der Waals surface area contributed by atoms with Gasteiger partial charge in [0.1, 0.15) is 17.8 Å². The van der Waals surface area contributed by atoms with Crippen LogP contribution in [-0.4, -0.2) is 76.3 Å². The van der Waals surface area contributed by atoms with Gasteiger partial charge in [-0.25, -0.2) is 14.8 Å². The Hall–Kier alpha value is -4.81. The zero-order valence-electron chi connectivity index (χ0n) is 27.2. The number of rotatable bonds is 7. The molecule has 47 heavy (non-hydrogen) atoms. The van der Waals surface area contributed by atoms with Gasteiger partial charge in [0.05, 0.1) is 17.9 Å². The fraction of sp³-hybridized carbons (Fsp3) is 0.500. The molecule has 3 aromatic heterocycles. The summed E-state index contributed by atoms with van der Waals surface area (Å²) in [7, 11) is 0. The molecular formula is C34H42N10O3. The van der Waals surface area contributed by atoms with Gasteiger partial charge in [-0.3, -0.25) is 9.48 Å². The Morgan fingerprint density at radius 1 is 0.979 bits per heavy atom. The molecule has 0 unspecified atom stereocenters. The quantitative estimate of drug-likeness (QED) is 0.270. The van der Waals surface area contributed by atoms with Crippen LogP contribution in [0.2, 0.25) is 0 Å². The zero-order chi connectivity index (χ0) is 32.5. The first kappa shape index (κ1) is 30.8. The molecule has 1 saturated carbocycles. The molecule has 246 valence electrons. The first-order chi connectivity index (χ1) is 22.7. The van der Waals surface area contributed by atoms with E-state index < -0.39 is 5.60 Å². The lowest BCUT2D eigenvalue weighted by molar-refractivity contribution is -0.133. The van der Waals surface area contributed by atoms with Gasteiger partial charge in [-0.15, -0.1) is 0 Å². The van der Waals surface area contributed by atoms with Crippen molar-refractivity contribution < 1.29 is 14.3 Å². The molecule has 7 rings (SSSR count). The summed E-state index contributed by atoms with van der Waals surface area (Å²) in [6.45, 7) is 6.75. The maximum atomic E-state index is 13.4. The highest BCUT2D eigenvalue weighted by Gasteiger charge is 2.30. The van der Waals surface area contributed by atoms with Gasteiger partial charge in [-0.2, -0.15) is 20.5 Å². The third-order valence-electron chi connectivity index (χ3n) is 9.28. The number of H-pyrrole nitrogens is 1. The monoisotopic (exact) mass is 638 g/mol. The minimum absolute atomic E-state index is 0.0159. The maximum absolute atomic E-state index is 13.4. The number of benzene rings is 1. The summed E-state index contributed by atoms with van der Waals surface area (Å²) >= 11 is 0. The molecule has 3 N–H and O–H groups in total. The van der Waals surface area contributed by atoms with Gasteiger partial charge in [0, 0.05) is 60.7 Å². The Labute approximate surface area is 273 Å². The van der Waals surface area contributed by atoms with Gasteiger partial charge in [0.25, 0.3) is 0 Å². The Bertz CT molecular complexity index is 1710. The summed E-state index contributed by atoms with van der Waals surface area (Å²) < 4.78 is 7.22. The standard InChI is InChI=1S/C34H42N10O3/c1-34(2,3)47-33(46)38-25-10-8-21(9-11-25)31-27(18-44(41-31)20-30(45)43-13-12-28-29(19-43)40-42-39-28)24-16-35-32(36-17-24)37-26-14-22-6-4-5-7-23(22)15-26/h4-7,16-18,21,25-26H,8-15,19-20H2,1-3H3,(H,38,46)(H,35,36,37)(H,39,40,42). The number of hydrogen-bond donors (Lipinski definition) is 3. The smallest absolute Gasteiger partial charge is 0.407 e. The fourth-order valence-corrected chi connectivity index (χ4v) is 6.97. The highest BCUT2D eigenvalue weighted by Crippen LogP contribution is 2.37. The fourth-order valence-electron chi connectivity index (χ4n) is 6.97. The van der Waals surface area contributed by atoms with Gasteiger partial charge >= 0.3 is 6.09 Å². The van der Waals surface area contributed by atoms with Crippen LogP contribution in [0.15, 0.2) is 42.9 Å². The highest BCUT2D eigenvalue weighted by atomic mass is 16.6. The number of amides is 2. The number of anilines is 1. The van der Waals surface area contributed by atoms with E-state index in [0.29, 0.717) is 25.5 Å². The largest absolute Gasteiger partial charge is 0.444 e. The van der Waals surface area contributed by atoms with Crippen LogP contribution in [0.5, 0.6) is 0 Å². The minimum atomic E-state index is -0.540. The number of alkyl carbamates (subject to hydrolysis) is 1. The molecule has 4 heterocycles. The lowest BCUT2D eigenvalue weighted by atomic mass is 9.82. The molecule has 2 amide bonds. The predicted octanol–water partition coefficient (Wildman–Crippen LogP) is 4.17. The molecule has 0 radical (unpaired) electrons. The summed E-state index contributed by atoms with van der Waals surface area (Å²) in [6.07, 6.45) is 11.2. The van der Waals surface area contributed by atoms with Gasteiger partial charge in [0.2, 0.25) is 11.9 Å². The van der Waals surface area contributed by atoms with Crippen LogP contribution in [0, 0.1) is 0 Å². The molecular weight excluding hydrogens is 596 g/mol. The van der Waals surface area contributed by atoms with Crippen molar-refractivity contribution in [2.24, 2.45) is 0 Å². The Balaban J connectivity index is 1.06. The summed E-state index contributed by atoms with van der Waals surface area (Å²) in [5.74, 6) is 0.750. The molecule has 1 fully saturated rings. The van der Waals surface area contributed by atoms with Crippen molar-refractivity contribution in [2.45, 2.75) is 102 Å². The van der Waals surface area contributed by atoms with E-state index in [0.717, 1.165) is 66.7 Å². The Morgan fingerprint density at radius 3 is 2.38 bits per heavy atom. The van der Waals surface area contributed by atoms with Crippen LogP contribution < -0.4 is 10.6 Å². The Morgan fingerprint density at radius 2 is 1.68 bits per heavy atom. The number of nitrogens with one attached hydrogen (secondary N) is 3. The van der Waals surface area contributed by atoms with E-state index in [1.807, 2.05) is 44.3 Å². The van der Waals surface area contributed by atoms with Crippen molar-refractivity contribution in [3.8, 4) is 11.1 Å². The summed E-state index contributed by atoms with van der Waals surface area (Å²) in [5, 5.41) is 22.6. The third-order valence-corrected chi connectivity index (χ3v) is 9.28. The first-order valence-electron chi connectivity index (χ1n) is 16.6. The van der Waals surface area contributed by atoms with Gasteiger partial charge < -0.3 is 20.3 Å². The normalized spacial score (nSPS) is 19.6. The van der Waals surface area contributed by atoms with Crippen molar-refractivity contribution in [1.29, 1.82) is 0 Å². The molecule has 13 heteroatoms. The second-order valence-electron chi connectivity index (χ2n) is 13.9. The number of aromatic nitrogens is 7. The second-order valence-corrected chi connectivity index (χ2v) is 13.9. The SMILES string of the molecule is CC(C)(C)OC(=O)NC1CCC(c2nn(CC(=O)N3CCc4n[nH]nc4C3)cc2-c2cnc(NC3Cc4ccccc4C3)nc2)CC1. The van der Waals surface area contributed by atoms with Crippen LogP contribution in [-0.2, 0) is 41.9 Å². The Kier molecular flexibility index (Phi) is 8.37. The molecule has 13 nitrogen and oxygen atoms in total. The highest BCUT2D eigenvalue weighted by molar-refractivity contribution is 5.76. The third kappa shape index (κ3) is 7.13. The molecule has 2 aliphatic carbocycles. The van der Waals surface area contributed by atoms with Crippen LogP contribution >= 0.6 is 0 Å². The van der Waals surface area contributed by atoms with Crippen LogP contribution in [0.1, 0.15) is 80.6 Å². The molecule has 1 aliphatic heterocycles. The van der Waals surface area contributed by atoms with E-state index >= 15 is 0 Å². The van der Waals surface area contributed by atoms with Crippen molar-refractivity contribution in [1.82, 2.24) is 45.4 Å². The molecule has 0 bridgehead atoms. The molecule has 0 saturated heterocycles. The van der Waals surface area contributed by atoms with E-state index in [-0.39, 0.29) is 36.5 Å². The molecule has 1 aromatic carbocycles. The zero-order valence-corrected chi connectivity index (χ0v) is 27.2. The van der Waals surface area contributed by atoms with Crippen LogP contribution in [0.4, 0.5) is 10.7 Å². The first-order valence-corrected chi connectivity index (χ1v) is 16.6. The average Bonchev–Trinajstić information content (AvgIpc) is 3.79. The van der Waals surface area contributed by atoms with E-state index in [2.05, 4.69) is 60.3 Å². The minimum Gasteiger partial charge on any atom is -0.444 e. The topological polar surface area (TPSA) is 156 Å². The van der Waals surface area contributed by atoms with Crippen LogP contribution in [0.3, 0.4) is 0 Å². The van der Waals surface area contributed by atoms with Crippen molar-refractivity contribution in [2.75, 3.05) is 11.9 Å². The van der Waals surface area contributed by atoms with E-state index in [9.17, 15) is 9.59 Å². The van der Waals surface area contributed by atoms with Gasteiger partial charge in [-0.05, 0) is 70.4 Å². The molecule has 0 spiro atoms. The molecule has 0 atom stereocenters. The summed E-state index contributed by atoms with van der Waals surface area (Å²) in [4.78, 5) is 37.0. The second kappa shape index (κ2) is 12.8. The molecule has 3 aliphatic rings. The van der Waals surface area contributed by atoms with Gasteiger partial charge in [0.15, 0.2) is 0 Å². The number of fused-ring (bicyclic) bond motifs is 2. The predicted molar refractivity (Wildman–Crippen MR) is 174 cm³/mol. The van der Waals surface area contributed by atoms with Crippen LogP contribution in [0.25, 0.3) is 11.1 Å². The molecule has 4 aromatic rings. The van der Waals surface area contributed by atoms with Crippen molar-refractivity contribution >= 4 is 17.9 Å². The number of ether oxygens (including phenoxy) is 1. The van der Waals surface area contributed by atoms with Gasteiger partial charge in [-0.1, -0.05) is 24.3 Å². The summed E-state index contributed by atoms with van der Waals surface area (Å²) in [6, 6.07) is 8.84. The number of aromatic amines is 1. The summed E-state index contributed by atoms with van der Waals surface area (Å²) in [5.41, 5.74) is 6.66. The van der Waals surface area contributed by atoms with E-state index in [1.165, 1.54) is 11.1 Å². The lowest BCUT2D eigenvalue weighted by Gasteiger charge is -2.29. The average molecular weight is 639 g/mol. The number of carbonyl (C=O) groups is 2.